The predicted octanol–water partition coefficient (Wildman–Crippen LogP) is 2.85. The lowest BCUT2D eigenvalue weighted by Crippen LogP contribution is -2.43. The second kappa shape index (κ2) is 12.2. The molecule has 8 nitrogen and oxygen atoms in total. The Bertz CT molecular complexity index is 782. The number of nitrogens with zero attached hydrogens (tertiary/aromatic N) is 4. The third kappa shape index (κ3) is 9.66. The first-order valence-corrected chi connectivity index (χ1v) is 10.4. The smallest absolute Gasteiger partial charge is 0.258 e. The highest BCUT2D eigenvalue weighted by molar-refractivity contribution is 7.99. The number of rotatable bonds is 10. The van der Waals surface area contributed by atoms with Crippen molar-refractivity contribution < 1.29 is 9.53 Å². The first kappa shape index (κ1) is 25.5. The van der Waals surface area contributed by atoms with E-state index >= 15 is 0 Å². The molecule has 0 radical (unpaired) electrons. The predicted molar refractivity (Wildman–Crippen MR) is 118 cm³/mol. The molecule has 11 heteroatoms. The van der Waals surface area contributed by atoms with Gasteiger partial charge in [-0.15, -0.1) is 17.5 Å². The Labute approximate surface area is 186 Å². The van der Waals surface area contributed by atoms with Gasteiger partial charge in [0.05, 0.1) is 0 Å². The number of halogens is 2. The molecule has 0 saturated heterocycles. The Morgan fingerprint density at radius 1 is 1.34 bits per heavy atom. The van der Waals surface area contributed by atoms with Crippen molar-refractivity contribution in [3.8, 4) is 5.75 Å². The minimum Gasteiger partial charge on any atom is -0.483 e. The second-order valence-electron chi connectivity index (χ2n) is 7.30. The fraction of sp³-hybridized carbons (Fsp3) is 0.556. The van der Waals surface area contributed by atoms with Gasteiger partial charge >= 0.3 is 0 Å². The number of tetrazole rings is 1. The molecule has 0 aliphatic rings. The average molecular weight is 463 g/mol. The zero-order valence-electron chi connectivity index (χ0n) is 17.1. The molecule has 0 aliphatic heterocycles. The Hall–Kier alpha value is -1.55. The molecule has 0 spiro atoms. The standard InChI is InChI=1S/C18H27ClN6O2S.ClH/c1-18(2,3)21-16(26)12-27-15-7-6-14(19)10-13(15)11-20-8-5-9-28-17-22-23-24-25(17)4;/h6-7,10,20H,5,8-9,11-12H2,1-4H3,(H,21,26);1H. The molecule has 1 heterocycles. The van der Waals surface area contributed by atoms with Crippen LogP contribution in [-0.2, 0) is 18.4 Å². The van der Waals surface area contributed by atoms with Gasteiger partial charge in [-0.05, 0) is 62.4 Å². The van der Waals surface area contributed by atoms with Gasteiger partial charge in [-0.1, -0.05) is 23.4 Å². The van der Waals surface area contributed by atoms with Crippen LogP contribution in [-0.4, -0.2) is 50.6 Å². The van der Waals surface area contributed by atoms with Crippen molar-refractivity contribution in [1.82, 2.24) is 30.8 Å². The summed E-state index contributed by atoms with van der Waals surface area (Å²) < 4.78 is 7.36. The molecular weight excluding hydrogens is 435 g/mol. The first-order valence-electron chi connectivity index (χ1n) is 9.03. The number of hydrogen-bond acceptors (Lipinski definition) is 7. The van der Waals surface area contributed by atoms with E-state index < -0.39 is 0 Å². The summed E-state index contributed by atoms with van der Waals surface area (Å²) >= 11 is 7.73. The Morgan fingerprint density at radius 2 is 2.10 bits per heavy atom. The largest absolute Gasteiger partial charge is 0.483 e. The third-order valence-corrected chi connectivity index (χ3v) is 4.85. The van der Waals surface area contributed by atoms with E-state index in [0.717, 1.165) is 29.4 Å². The maximum absolute atomic E-state index is 12.0. The van der Waals surface area contributed by atoms with Gasteiger partial charge in [-0.2, -0.15) is 0 Å². The van der Waals surface area contributed by atoms with E-state index in [-0.39, 0.29) is 30.5 Å². The van der Waals surface area contributed by atoms with Crippen LogP contribution in [0.3, 0.4) is 0 Å². The number of aryl methyl sites for hydroxylation is 1. The van der Waals surface area contributed by atoms with Gasteiger partial charge in [-0.25, -0.2) is 4.68 Å². The van der Waals surface area contributed by atoms with Crippen molar-refractivity contribution in [1.29, 1.82) is 0 Å². The summed E-state index contributed by atoms with van der Waals surface area (Å²) in [6.45, 7) is 7.20. The molecule has 1 aromatic carbocycles. The van der Waals surface area contributed by atoms with Crippen LogP contribution in [0.5, 0.6) is 5.75 Å². The summed E-state index contributed by atoms with van der Waals surface area (Å²) in [7, 11) is 1.82. The van der Waals surface area contributed by atoms with Crippen LogP contribution in [0.25, 0.3) is 0 Å². The lowest BCUT2D eigenvalue weighted by molar-refractivity contribution is -0.124. The number of benzene rings is 1. The zero-order valence-corrected chi connectivity index (χ0v) is 19.5. The van der Waals surface area contributed by atoms with E-state index in [0.29, 0.717) is 17.3 Å². The molecule has 162 valence electrons. The first-order chi connectivity index (χ1) is 13.2. The molecule has 0 fully saturated rings. The third-order valence-electron chi connectivity index (χ3n) is 3.52. The molecule has 29 heavy (non-hydrogen) atoms. The molecule has 0 atom stereocenters. The Balaban J connectivity index is 0.00000420. The highest BCUT2D eigenvalue weighted by atomic mass is 35.5. The Kier molecular flexibility index (Phi) is 10.7. The van der Waals surface area contributed by atoms with Gasteiger partial charge in [-0.3, -0.25) is 4.79 Å². The fourth-order valence-corrected chi connectivity index (χ4v) is 3.34. The number of carbonyl (C=O) groups is 1. The molecule has 0 aliphatic carbocycles. The number of thioether (sulfide) groups is 1. The van der Waals surface area contributed by atoms with E-state index in [9.17, 15) is 4.79 Å². The summed E-state index contributed by atoms with van der Waals surface area (Å²) in [5.41, 5.74) is 0.630. The van der Waals surface area contributed by atoms with Crippen LogP contribution < -0.4 is 15.4 Å². The van der Waals surface area contributed by atoms with E-state index in [2.05, 4.69) is 26.2 Å². The molecule has 0 bridgehead atoms. The summed E-state index contributed by atoms with van der Waals surface area (Å²) in [6.07, 6.45) is 0.961. The summed E-state index contributed by atoms with van der Waals surface area (Å²) in [5, 5.41) is 19.1. The lowest BCUT2D eigenvalue weighted by Gasteiger charge is -2.21. The summed E-state index contributed by atoms with van der Waals surface area (Å²) in [4.78, 5) is 12.0. The molecule has 1 amide bonds. The molecule has 0 unspecified atom stereocenters. The van der Waals surface area contributed by atoms with Crippen LogP contribution in [0.15, 0.2) is 23.4 Å². The van der Waals surface area contributed by atoms with Crippen molar-refractivity contribution in [3.05, 3.63) is 28.8 Å². The van der Waals surface area contributed by atoms with Crippen LogP contribution in [0.1, 0.15) is 32.8 Å². The molecular formula is C18H28Cl2N6O2S. The molecule has 2 N–H and O–H groups in total. The second-order valence-corrected chi connectivity index (χ2v) is 8.80. The molecule has 2 aromatic rings. The van der Waals surface area contributed by atoms with Crippen molar-refractivity contribution in [3.63, 3.8) is 0 Å². The number of amides is 1. The van der Waals surface area contributed by atoms with Gasteiger partial charge in [0.1, 0.15) is 5.75 Å². The number of carbonyl (C=O) groups excluding carboxylic acids is 1. The normalized spacial score (nSPS) is 11.1. The average Bonchev–Trinajstić information content (AvgIpc) is 3.00. The van der Waals surface area contributed by atoms with Crippen molar-refractivity contribution in [2.24, 2.45) is 7.05 Å². The van der Waals surface area contributed by atoms with E-state index in [4.69, 9.17) is 16.3 Å². The van der Waals surface area contributed by atoms with E-state index in [1.807, 2.05) is 33.9 Å². The van der Waals surface area contributed by atoms with Crippen LogP contribution in [0.4, 0.5) is 0 Å². The van der Waals surface area contributed by atoms with Gasteiger partial charge < -0.3 is 15.4 Å². The monoisotopic (exact) mass is 462 g/mol. The maximum Gasteiger partial charge on any atom is 0.258 e. The quantitative estimate of drug-likeness (QED) is 0.413. The van der Waals surface area contributed by atoms with Crippen LogP contribution >= 0.6 is 35.8 Å². The highest BCUT2D eigenvalue weighted by Crippen LogP contribution is 2.23. The van der Waals surface area contributed by atoms with Crippen molar-refractivity contribution in [2.45, 2.75) is 44.4 Å². The van der Waals surface area contributed by atoms with Crippen LogP contribution in [0, 0.1) is 0 Å². The maximum atomic E-state index is 12.0. The number of hydrogen-bond donors (Lipinski definition) is 2. The summed E-state index contributed by atoms with van der Waals surface area (Å²) in [6, 6.07) is 5.40. The minimum absolute atomic E-state index is 0. The van der Waals surface area contributed by atoms with E-state index in [1.165, 1.54) is 0 Å². The Morgan fingerprint density at radius 3 is 2.76 bits per heavy atom. The molecule has 2 rings (SSSR count). The number of aromatic nitrogens is 4. The summed E-state index contributed by atoms with van der Waals surface area (Å²) in [5.74, 6) is 1.41. The van der Waals surface area contributed by atoms with Gasteiger partial charge in [0.25, 0.3) is 5.91 Å². The topological polar surface area (TPSA) is 94.0 Å². The SMILES string of the molecule is Cl.Cn1nnnc1SCCCNCc1cc(Cl)ccc1OCC(=O)NC(C)(C)C. The molecule has 0 saturated carbocycles. The zero-order chi connectivity index (χ0) is 20.6. The van der Waals surface area contributed by atoms with Gasteiger partial charge in [0, 0.05) is 35.5 Å². The molecule has 1 aromatic heterocycles. The fourth-order valence-electron chi connectivity index (χ4n) is 2.35. The number of ether oxygens (including phenoxy) is 1. The van der Waals surface area contributed by atoms with Gasteiger partial charge in [0.15, 0.2) is 6.61 Å². The van der Waals surface area contributed by atoms with Crippen LogP contribution in [0.2, 0.25) is 5.02 Å². The minimum atomic E-state index is -0.288. The number of nitrogens with one attached hydrogen (secondary N) is 2. The van der Waals surface area contributed by atoms with E-state index in [1.54, 1.807) is 28.6 Å². The highest BCUT2D eigenvalue weighted by Gasteiger charge is 2.15. The van der Waals surface area contributed by atoms with Gasteiger partial charge in [0.2, 0.25) is 5.16 Å². The lowest BCUT2D eigenvalue weighted by atomic mass is 10.1. The van der Waals surface area contributed by atoms with Crippen molar-refractivity contribution in [2.75, 3.05) is 18.9 Å². The van der Waals surface area contributed by atoms with Crippen molar-refractivity contribution >= 4 is 41.7 Å².